The maximum atomic E-state index is 12.0. The number of hydrogen-bond acceptors (Lipinski definition) is 3. The van der Waals surface area contributed by atoms with Crippen molar-refractivity contribution < 1.29 is 22.9 Å². The predicted molar refractivity (Wildman–Crippen MR) is 111 cm³/mol. The third kappa shape index (κ3) is 4.31. The summed E-state index contributed by atoms with van der Waals surface area (Å²) >= 11 is 0. The molecule has 2 aliphatic carbocycles. The zero-order chi connectivity index (χ0) is 19.5. The van der Waals surface area contributed by atoms with Gasteiger partial charge in [-0.05, 0) is 72.6 Å². The van der Waals surface area contributed by atoms with Gasteiger partial charge in [0.2, 0.25) is 0 Å². The fraction of sp³-hybridized carbons (Fsp3) is 0.650. The van der Waals surface area contributed by atoms with Gasteiger partial charge in [0.25, 0.3) is 10.1 Å². The van der Waals surface area contributed by atoms with Crippen LogP contribution in [0.25, 0.3) is 0 Å². The number of aliphatic carboxylic acids is 1. The summed E-state index contributed by atoms with van der Waals surface area (Å²) in [5.74, 6) is -0.850. The summed E-state index contributed by atoms with van der Waals surface area (Å²) < 4.78 is 33.8. The second-order valence-electron chi connectivity index (χ2n) is 8.76. The first-order valence-corrected chi connectivity index (χ1v) is 10.7. The molecule has 0 aliphatic heterocycles. The van der Waals surface area contributed by atoms with Crippen LogP contribution in [0.5, 0.6) is 0 Å². The Morgan fingerprint density at radius 1 is 1.18 bits per heavy atom. The molecule has 1 aromatic carbocycles. The van der Waals surface area contributed by atoms with Crippen molar-refractivity contribution in [3.63, 3.8) is 0 Å². The van der Waals surface area contributed by atoms with Gasteiger partial charge in [0.05, 0.1) is 10.3 Å². The number of carboxylic acid groups (broad SMARTS) is 1. The van der Waals surface area contributed by atoms with E-state index in [2.05, 4.69) is 6.92 Å². The van der Waals surface area contributed by atoms with Crippen molar-refractivity contribution in [3.8, 4) is 0 Å². The van der Waals surface area contributed by atoms with Gasteiger partial charge in [-0.2, -0.15) is 8.42 Å². The molecule has 0 saturated heterocycles. The standard InChI is InChI=1S/C20H28O5S.2Na/c1-12(2)14-10-13-6-7-17-19(3,8-5-9-20(17,4)18(21)22)15(13)11-16(14)26(23,24)25;;/h10-12,17H,5-9H2,1-4H3,(H,21,22)(H,23,24,25);;. The molecular weight excluding hydrogens is 398 g/mol. The van der Waals surface area contributed by atoms with Gasteiger partial charge in [0.1, 0.15) is 0 Å². The van der Waals surface area contributed by atoms with Crippen LogP contribution in [0.3, 0.4) is 0 Å². The third-order valence-electron chi connectivity index (χ3n) is 6.87. The van der Waals surface area contributed by atoms with Gasteiger partial charge in [-0.25, -0.2) is 0 Å². The molecule has 2 N–H and O–H groups in total. The van der Waals surface area contributed by atoms with E-state index in [1.807, 2.05) is 26.8 Å². The molecule has 0 aromatic heterocycles. The van der Waals surface area contributed by atoms with Gasteiger partial charge in [-0.1, -0.05) is 33.3 Å². The summed E-state index contributed by atoms with van der Waals surface area (Å²) in [5.41, 5.74) is 1.42. The molecule has 28 heavy (non-hydrogen) atoms. The fourth-order valence-corrected chi connectivity index (χ4v) is 6.31. The summed E-state index contributed by atoms with van der Waals surface area (Å²) in [5, 5.41) is 9.86. The Morgan fingerprint density at radius 2 is 1.79 bits per heavy atom. The molecular formula is C20H28Na2O5S. The van der Waals surface area contributed by atoms with Crippen molar-refractivity contribution in [1.29, 1.82) is 0 Å². The van der Waals surface area contributed by atoms with Crippen molar-refractivity contribution in [1.82, 2.24) is 0 Å². The Hall–Kier alpha value is 0.600. The second kappa shape index (κ2) is 8.99. The quantitative estimate of drug-likeness (QED) is 0.571. The van der Waals surface area contributed by atoms with E-state index in [0.717, 1.165) is 36.8 Å². The number of benzene rings is 1. The first-order chi connectivity index (χ1) is 11.9. The number of hydrogen-bond donors (Lipinski definition) is 2. The molecule has 2 radical (unpaired) electrons. The summed E-state index contributed by atoms with van der Waals surface area (Å²) in [4.78, 5) is 12.0. The molecule has 1 saturated carbocycles. The fourth-order valence-electron chi connectivity index (χ4n) is 5.45. The Bertz CT molecular complexity index is 868. The van der Waals surface area contributed by atoms with Crippen LogP contribution in [0, 0.1) is 11.3 Å². The average Bonchev–Trinajstić information content (AvgIpc) is 2.52. The first-order valence-electron chi connectivity index (χ1n) is 9.29. The van der Waals surface area contributed by atoms with Gasteiger partial charge < -0.3 is 5.11 Å². The van der Waals surface area contributed by atoms with E-state index in [-0.39, 0.29) is 75.8 Å². The third-order valence-corrected chi connectivity index (χ3v) is 7.78. The predicted octanol–water partition coefficient (Wildman–Crippen LogP) is 3.39. The monoisotopic (exact) mass is 426 g/mol. The average molecular weight is 426 g/mol. The van der Waals surface area contributed by atoms with E-state index in [1.165, 1.54) is 0 Å². The van der Waals surface area contributed by atoms with Crippen LogP contribution in [-0.4, -0.2) is 83.2 Å². The van der Waals surface area contributed by atoms with Crippen LogP contribution in [-0.2, 0) is 26.7 Å². The molecule has 0 bridgehead atoms. The van der Waals surface area contributed by atoms with Crippen LogP contribution in [0.1, 0.15) is 76.0 Å². The molecule has 5 nitrogen and oxygen atoms in total. The van der Waals surface area contributed by atoms with Gasteiger partial charge in [-0.3, -0.25) is 9.35 Å². The smallest absolute Gasteiger partial charge is 0.309 e. The Labute approximate surface area is 212 Å². The summed E-state index contributed by atoms with van der Waals surface area (Å²) in [7, 11) is -4.34. The van der Waals surface area contributed by atoms with Crippen molar-refractivity contribution >= 4 is 75.2 Å². The largest absolute Gasteiger partial charge is 0.481 e. The molecule has 0 heterocycles. The molecule has 0 amide bonds. The van der Waals surface area contributed by atoms with Crippen molar-refractivity contribution in [3.05, 3.63) is 28.8 Å². The summed E-state index contributed by atoms with van der Waals surface area (Å²) in [6.07, 6.45) is 3.80. The molecule has 1 fully saturated rings. The van der Waals surface area contributed by atoms with E-state index in [4.69, 9.17) is 0 Å². The van der Waals surface area contributed by atoms with Gasteiger partial charge in [0.15, 0.2) is 0 Å². The zero-order valence-corrected chi connectivity index (χ0v) is 22.7. The minimum Gasteiger partial charge on any atom is -0.481 e. The van der Waals surface area contributed by atoms with E-state index >= 15 is 0 Å². The zero-order valence-electron chi connectivity index (χ0n) is 17.9. The van der Waals surface area contributed by atoms with Crippen LogP contribution < -0.4 is 0 Å². The number of carboxylic acids is 1. The van der Waals surface area contributed by atoms with E-state index in [0.29, 0.717) is 12.0 Å². The van der Waals surface area contributed by atoms with Crippen LogP contribution >= 0.6 is 0 Å². The Balaban J connectivity index is 0.00000196. The molecule has 3 rings (SSSR count). The summed E-state index contributed by atoms with van der Waals surface area (Å²) in [6.45, 7) is 7.71. The number of carbonyl (C=O) groups is 1. The number of rotatable bonds is 3. The maximum absolute atomic E-state index is 12.0. The van der Waals surface area contributed by atoms with Crippen molar-refractivity contribution in [2.75, 3.05) is 0 Å². The van der Waals surface area contributed by atoms with E-state index in [1.54, 1.807) is 6.07 Å². The van der Waals surface area contributed by atoms with Crippen molar-refractivity contribution in [2.45, 2.75) is 76.0 Å². The van der Waals surface area contributed by atoms with Gasteiger partial charge >= 0.3 is 5.97 Å². The summed E-state index contributed by atoms with van der Waals surface area (Å²) in [6, 6.07) is 3.54. The van der Waals surface area contributed by atoms with Crippen LogP contribution in [0.2, 0.25) is 0 Å². The maximum Gasteiger partial charge on any atom is 0.309 e. The van der Waals surface area contributed by atoms with Gasteiger partial charge in [0, 0.05) is 59.1 Å². The number of fused-ring (bicyclic) bond motifs is 3. The topological polar surface area (TPSA) is 91.7 Å². The Morgan fingerprint density at radius 3 is 2.29 bits per heavy atom. The first kappa shape index (κ1) is 26.6. The SMILES string of the molecule is CC(C)c1cc2c(cc1S(=O)(=O)O)C1(C)CCCC(C)(C(=O)O)C1CC2.[Na].[Na]. The number of aryl methyl sites for hydroxylation is 1. The molecule has 2 aliphatic rings. The molecule has 8 heteroatoms. The molecule has 146 valence electrons. The van der Waals surface area contributed by atoms with Crippen molar-refractivity contribution in [2.24, 2.45) is 11.3 Å². The molecule has 3 unspecified atom stereocenters. The van der Waals surface area contributed by atoms with Gasteiger partial charge in [-0.15, -0.1) is 0 Å². The second-order valence-corrected chi connectivity index (χ2v) is 10.2. The van der Waals surface area contributed by atoms with Crippen LogP contribution in [0.15, 0.2) is 17.0 Å². The minimum absolute atomic E-state index is 0. The molecule has 0 spiro atoms. The van der Waals surface area contributed by atoms with E-state index < -0.39 is 26.9 Å². The van der Waals surface area contributed by atoms with Crippen LogP contribution in [0.4, 0.5) is 0 Å². The minimum atomic E-state index is -4.34. The Kier molecular flexibility index (Phi) is 8.55. The molecule has 3 atom stereocenters. The van der Waals surface area contributed by atoms with E-state index in [9.17, 15) is 22.9 Å². The molecule has 1 aromatic rings. The normalized spacial score (nSPS) is 29.1.